The highest BCUT2D eigenvalue weighted by Gasteiger charge is 2.20. The average molecular weight is 352 g/mol. The summed E-state index contributed by atoms with van der Waals surface area (Å²) >= 11 is 1.55. The fraction of sp³-hybridized carbons (Fsp3) is 0.438. The molecule has 1 heterocycles. The predicted molar refractivity (Wildman–Crippen MR) is 90.2 cm³/mol. The number of hydrogen-bond donors (Lipinski definition) is 2. The molecular formula is C16H20N2O5S. The van der Waals surface area contributed by atoms with Crippen molar-refractivity contribution >= 4 is 35.2 Å². The van der Waals surface area contributed by atoms with Crippen LogP contribution in [0.25, 0.3) is 0 Å². The van der Waals surface area contributed by atoms with Crippen LogP contribution in [-0.4, -0.2) is 49.9 Å². The highest BCUT2D eigenvalue weighted by molar-refractivity contribution is 7.99. The van der Waals surface area contributed by atoms with E-state index in [1.165, 1.54) is 14.0 Å². The fourth-order valence-electron chi connectivity index (χ4n) is 2.05. The summed E-state index contributed by atoms with van der Waals surface area (Å²) in [5.41, 5.74) is 0.877. The standard InChI is InChI=1S/C16H20N2O5S/c1-10(15(20)17-6-7-22-2)23-16(21)11-3-4-13-12(9-11)18-14(19)5-8-24-13/h3-4,9-10H,5-8H2,1-2H3,(H,17,20)(H,18,19)/t10-/m1/s1. The SMILES string of the molecule is COCCNC(=O)[C@@H](C)OC(=O)c1ccc2c(c1)NC(=O)CCS2. The number of rotatable bonds is 6. The van der Waals surface area contributed by atoms with E-state index in [1.807, 2.05) is 0 Å². The Kier molecular flexibility index (Phi) is 6.62. The van der Waals surface area contributed by atoms with E-state index >= 15 is 0 Å². The third-order valence-electron chi connectivity index (χ3n) is 3.33. The Morgan fingerprint density at radius 3 is 2.96 bits per heavy atom. The highest BCUT2D eigenvalue weighted by Crippen LogP contribution is 2.31. The van der Waals surface area contributed by atoms with Gasteiger partial charge in [-0.25, -0.2) is 4.79 Å². The van der Waals surface area contributed by atoms with Gasteiger partial charge in [0.25, 0.3) is 5.91 Å². The van der Waals surface area contributed by atoms with Gasteiger partial charge in [0.1, 0.15) is 0 Å². The van der Waals surface area contributed by atoms with Crippen molar-refractivity contribution in [2.75, 3.05) is 31.3 Å². The molecule has 0 unspecified atom stereocenters. The molecule has 1 atom stereocenters. The van der Waals surface area contributed by atoms with Gasteiger partial charge < -0.3 is 20.1 Å². The summed E-state index contributed by atoms with van der Waals surface area (Å²) in [6, 6.07) is 4.97. The molecule has 0 fully saturated rings. The number of amides is 2. The molecular weight excluding hydrogens is 332 g/mol. The second kappa shape index (κ2) is 8.70. The summed E-state index contributed by atoms with van der Waals surface area (Å²) in [6.45, 7) is 2.23. The van der Waals surface area contributed by atoms with Crippen LogP contribution in [0.5, 0.6) is 0 Å². The molecule has 1 aromatic carbocycles. The van der Waals surface area contributed by atoms with Crippen LogP contribution in [0.3, 0.4) is 0 Å². The number of carbonyl (C=O) groups is 3. The van der Waals surface area contributed by atoms with Crippen LogP contribution in [0.1, 0.15) is 23.7 Å². The maximum atomic E-state index is 12.2. The number of thioether (sulfide) groups is 1. The molecule has 0 spiro atoms. The van der Waals surface area contributed by atoms with Gasteiger partial charge in [0.05, 0.1) is 17.9 Å². The molecule has 1 aromatic rings. The summed E-state index contributed by atoms with van der Waals surface area (Å²) in [5, 5.41) is 5.37. The Morgan fingerprint density at radius 2 is 2.21 bits per heavy atom. The topological polar surface area (TPSA) is 93.7 Å². The number of esters is 1. The lowest BCUT2D eigenvalue weighted by molar-refractivity contribution is -0.129. The first-order chi connectivity index (χ1) is 11.5. The first-order valence-electron chi connectivity index (χ1n) is 7.55. The Bertz CT molecular complexity index is 635. The zero-order chi connectivity index (χ0) is 17.5. The molecule has 7 nitrogen and oxygen atoms in total. The number of methoxy groups -OCH3 is 1. The minimum Gasteiger partial charge on any atom is -0.449 e. The molecule has 0 aliphatic carbocycles. The molecule has 2 rings (SSSR count). The van der Waals surface area contributed by atoms with E-state index < -0.39 is 12.1 Å². The van der Waals surface area contributed by atoms with Crippen molar-refractivity contribution in [2.24, 2.45) is 0 Å². The molecule has 8 heteroatoms. The van der Waals surface area contributed by atoms with Crippen LogP contribution >= 0.6 is 11.8 Å². The lowest BCUT2D eigenvalue weighted by Crippen LogP contribution is -2.37. The Morgan fingerprint density at radius 1 is 1.42 bits per heavy atom. The van der Waals surface area contributed by atoms with E-state index in [9.17, 15) is 14.4 Å². The van der Waals surface area contributed by atoms with Gasteiger partial charge in [-0.15, -0.1) is 11.8 Å². The van der Waals surface area contributed by atoms with Gasteiger partial charge in [0.2, 0.25) is 5.91 Å². The van der Waals surface area contributed by atoms with E-state index in [2.05, 4.69) is 10.6 Å². The quantitative estimate of drug-likeness (QED) is 0.594. The highest BCUT2D eigenvalue weighted by atomic mass is 32.2. The summed E-state index contributed by atoms with van der Waals surface area (Å²) in [5.74, 6) is -0.395. The predicted octanol–water partition coefficient (Wildman–Crippen LogP) is 1.43. The molecule has 0 radical (unpaired) electrons. The molecule has 24 heavy (non-hydrogen) atoms. The van der Waals surface area contributed by atoms with E-state index in [1.54, 1.807) is 30.0 Å². The molecule has 1 aliphatic rings. The Hall–Kier alpha value is -2.06. The first kappa shape index (κ1) is 18.3. The van der Waals surface area contributed by atoms with E-state index in [4.69, 9.17) is 9.47 Å². The van der Waals surface area contributed by atoms with Crippen molar-refractivity contribution in [1.29, 1.82) is 0 Å². The third-order valence-corrected chi connectivity index (χ3v) is 4.41. The van der Waals surface area contributed by atoms with Crippen molar-refractivity contribution in [3.8, 4) is 0 Å². The average Bonchev–Trinajstić information content (AvgIpc) is 2.74. The molecule has 0 saturated carbocycles. The van der Waals surface area contributed by atoms with Crippen LogP contribution in [0, 0.1) is 0 Å². The lowest BCUT2D eigenvalue weighted by atomic mass is 10.2. The number of carbonyl (C=O) groups excluding carboxylic acids is 3. The van der Waals surface area contributed by atoms with E-state index in [0.29, 0.717) is 31.0 Å². The summed E-state index contributed by atoms with van der Waals surface area (Å²) in [6.07, 6.45) is -0.491. The maximum absolute atomic E-state index is 12.2. The lowest BCUT2D eigenvalue weighted by Gasteiger charge is -2.14. The van der Waals surface area contributed by atoms with E-state index in [-0.39, 0.29) is 17.4 Å². The van der Waals surface area contributed by atoms with Gasteiger partial charge in [-0.3, -0.25) is 9.59 Å². The van der Waals surface area contributed by atoms with Crippen molar-refractivity contribution in [3.05, 3.63) is 23.8 Å². The number of nitrogens with one attached hydrogen (secondary N) is 2. The Balaban J connectivity index is 1.99. The van der Waals surface area contributed by atoms with Crippen molar-refractivity contribution < 1.29 is 23.9 Å². The molecule has 0 saturated heterocycles. The van der Waals surface area contributed by atoms with Crippen molar-refractivity contribution in [1.82, 2.24) is 5.32 Å². The molecule has 0 aromatic heterocycles. The second-order valence-electron chi connectivity index (χ2n) is 5.19. The summed E-state index contributed by atoms with van der Waals surface area (Å²) < 4.78 is 10.0. The van der Waals surface area contributed by atoms with Crippen LogP contribution in [0.2, 0.25) is 0 Å². The van der Waals surface area contributed by atoms with Gasteiger partial charge in [-0.1, -0.05) is 0 Å². The van der Waals surface area contributed by atoms with Crippen LogP contribution < -0.4 is 10.6 Å². The minimum absolute atomic E-state index is 0.0855. The van der Waals surface area contributed by atoms with E-state index in [0.717, 1.165) is 4.90 Å². The smallest absolute Gasteiger partial charge is 0.338 e. The number of hydrogen-bond acceptors (Lipinski definition) is 6. The van der Waals surface area contributed by atoms with Gasteiger partial charge in [-0.2, -0.15) is 0 Å². The second-order valence-corrected chi connectivity index (χ2v) is 6.33. The number of benzene rings is 1. The Labute approximate surface area is 144 Å². The zero-order valence-corrected chi connectivity index (χ0v) is 14.4. The summed E-state index contributed by atoms with van der Waals surface area (Å²) in [7, 11) is 1.53. The zero-order valence-electron chi connectivity index (χ0n) is 13.6. The summed E-state index contributed by atoms with van der Waals surface area (Å²) in [4.78, 5) is 36.5. The number of fused-ring (bicyclic) bond motifs is 1. The van der Waals surface area contributed by atoms with Crippen LogP contribution in [0.15, 0.2) is 23.1 Å². The maximum Gasteiger partial charge on any atom is 0.338 e. The molecule has 0 bridgehead atoms. The van der Waals surface area contributed by atoms with Gasteiger partial charge in [0, 0.05) is 30.7 Å². The van der Waals surface area contributed by atoms with Gasteiger partial charge >= 0.3 is 5.97 Å². The molecule has 2 amide bonds. The number of anilines is 1. The minimum atomic E-state index is -0.919. The molecule has 1 aliphatic heterocycles. The van der Waals surface area contributed by atoms with Crippen LogP contribution in [-0.2, 0) is 19.1 Å². The number of ether oxygens (including phenoxy) is 2. The molecule has 130 valence electrons. The fourth-order valence-corrected chi connectivity index (χ4v) is 2.99. The van der Waals surface area contributed by atoms with Gasteiger partial charge in [-0.05, 0) is 25.1 Å². The van der Waals surface area contributed by atoms with Gasteiger partial charge in [0.15, 0.2) is 6.10 Å². The normalized spacial score (nSPS) is 14.8. The molecule has 2 N–H and O–H groups in total. The largest absolute Gasteiger partial charge is 0.449 e. The van der Waals surface area contributed by atoms with Crippen molar-refractivity contribution in [2.45, 2.75) is 24.3 Å². The first-order valence-corrected chi connectivity index (χ1v) is 8.54. The monoisotopic (exact) mass is 352 g/mol. The van der Waals surface area contributed by atoms with Crippen LogP contribution in [0.4, 0.5) is 5.69 Å². The third kappa shape index (κ3) is 4.97. The van der Waals surface area contributed by atoms with Crippen molar-refractivity contribution in [3.63, 3.8) is 0 Å².